The third kappa shape index (κ3) is 3.50. The van der Waals surface area contributed by atoms with Crippen molar-refractivity contribution in [3.05, 3.63) is 17.5 Å². The number of aromatic amines is 1. The number of aromatic nitrogens is 2. The van der Waals surface area contributed by atoms with Crippen LogP contribution in [0.5, 0.6) is 0 Å². The largest absolute Gasteiger partial charge is 0.313 e. The number of hydrogen-bond acceptors (Lipinski definition) is 2. The maximum Gasteiger partial charge on any atom is 0.0522 e. The van der Waals surface area contributed by atoms with E-state index in [1.165, 1.54) is 75.5 Å². The second-order valence-corrected chi connectivity index (χ2v) is 7.30. The molecule has 3 nitrogen and oxygen atoms in total. The van der Waals surface area contributed by atoms with E-state index in [0.29, 0.717) is 5.41 Å². The quantitative estimate of drug-likeness (QED) is 0.800. The summed E-state index contributed by atoms with van der Waals surface area (Å²) in [7, 11) is 0. The van der Waals surface area contributed by atoms with E-state index in [9.17, 15) is 0 Å². The fraction of sp³-hybridized carbons (Fsp3) is 0.833. The molecule has 0 aliphatic heterocycles. The van der Waals surface area contributed by atoms with Crippen LogP contribution in [0.2, 0.25) is 0 Å². The molecule has 118 valence electrons. The molecule has 0 amide bonds. The fourth-order valence-electron chi connectivity index (χ4n) is 4.66. The summed E-state index contributed by atoms with van der Waals surface area (Å²) >= 11 is 0. The lowest BCUT2D eigenvalue weighted by Gasteiger charge is -2.47. The van der Waals surface area contributed by atoms with Crippen LogP contribution < -0.4 is 5.32 Å². The summed E-state index contributed by atoms with van der Waals surface area (Å²) in [4.78, 5) is 0. The fourth-order valence-corrected chi connectivity index (χ4v) is 4.66. The van der Waals surface area contributed by atoms with E-state index in [0.717, 1.165) is 19.0 Å². The third-order valence-electron chi connectivity index (χ3n) is 5.95. The zero-order chi connectivity index (χ0) is 14.5. The van der Waals surface area contributed by atoms with Gasteiger partial charge in [-0.3, -0.25) is 5.10 Å². The molecule has 2 aliphatic carbocycles. The van der Waals surface area contributed by atoms with Crippen molar-refractivity contribution in [2.75, 3.05) is 6.54 Å². The number of aryl methyl sites for hydroxylation is 2. The molecule has 0 bridgehead atoms. The van der Waals surface area contributed by atoms with Crippen LogP contribution >= 0.6 is 0 Å². The molecule has 0 saturated heterocycles. The monoisotopic (exact) mass is 289 g/mol. The van der Waals surface area contributed by atoms with Gasteiger partial charge in [-0.2, -0.15) is 5.10 Å². The van der Waals surface area contributed by atoms with Crippen molar-refractivity contribution in [2.24, 2.45) is 5.41 Å². The first-order valence-electron chi connectivity index (χ1n) is 9.02. The molecule has 21 heavy (non-hydrogen) atoms. The summed E-state index contributed by atoms with van der Waals surface area (Å²) in [6.07, 6.45) is 17.5. The lowest BCUT2D eigenvalue weighted by Crippen LogP contribution is -2.48. The maximum absolute atomic E-state index is 4.11. The number of nitrogens with one attached hydrogen (secondary N) is 2. The van der Waals surface area contributed by atoms with Crippen molar-refractivity contribution in [1.29, 1.82) is 0 Å². The standard InChI is InChI=1S/C18H31N3/c1-15-16(14-20-21-15)8-7-13-19-17-9-3-6-12-18(17)10-4-2-5-11-18/h14,17,19H,2-13H2,1H3,(H,20,21)/t17-/m1/s1. The molecule has 3 rings (SSSR count). The molecule has 0 unspecified atom stereocenters. The van der Waals surface area contributed by atoms with E-state index in [-0.39, 0.29) is 0 Å². The Balaban J connectivity index is 1.47. The molecule has 0 aromatic carbocycles. The van der Waals surface area contributed by atoms with Gasteiger partial charge in [0.1, 0.15) is 0 Å². The Bertz CT molecular complexity index is 423. The van der Waals surface area contributed by atoms with Crippen LogP contribution in [0.25, 0.3) is 0 Å². The number of rotatable bonds is 5. The Morgan fingerprint density at radius 3 is 2.67 bits per heavy atom. The minimum Gasteiger partial charge on any atom is -0.313 e. The molecular formula is C18H31N3. The second kappa shape index (κ2) is 6.95. The van der Waals surface area contributed by atoms with E-state index in [2.05, 4.69) is 22.4 Å². The van der Waals surface area contributed by atoms with Crippen LogP contribution in [0.3, 0.4) is 0 Å². The number of nitrogens with zero attached hydrogens (tertiary/aromatic N) is 1. The average Bonchev–Trinajstić information content (AvgIpc) is 2.92. The van der Waals surface area contributed by atoms with Crippen LogP contribution in [0.1, 0.15) is 75.5 Å². The van der Waals surface area contributed by atoms with Crippen molar-refractivity contribution >= 4 is 0 Å². The van der Waals surface area contributed by atoms with Gasteiger partial charge in [0.05, 0.1) is 6.20 Å². The Labute approximate surface area is 129 Å². The van der Waals surface area contributed by atoms with Gasteiger partial charge in [0.15, 0.2) is 0 Å². The topological polar surface area (TPSA) is 40.7 Å². The zero-order valence-electron chi connectivity index (χ0n) is 13.6. The molecule has 1 aromatic heterocycles. The summed E-state index contributed by atoms with van der Waals surface area (Å²) in [5.74, 6) is 0. The zero-order valence-corrected chi connectivity index (χ0v) is 13.6. The summed E-state index contributed by atoms with van der Waals surface area (Å²) in [6.45, 7) is 3.28. The lowest BCUT2D eigenvalue weighted by atomic mass is 9.62. The summed E-state index contributed by atoms with van der Waals surface area (Å²) in [5, 5.41) is 11.1. The first-order chi connectivity index (χ1) is 10.3. The Kier molecular flexibility index (Phi) is 4.99. The summed E-state index contributed by atoms with van der Waals surface area (Å²) < 4.78 is 0. The normalized spacial score (nSPS) is 25.3. The first kappa shape index (κ1) is 15.1. The van der Waals surface area contributed by atoms with Crippen molar-refractivity contribution in [2.45, 2.75) is 83.6 Å². The van der Waals surface area contributed by atoms with Crippen LogP contribution in [0.15, 0.2) is 6.20 Å². The Hall–Kier alpha value is -0.830. The van der Waals surface area contributed by atoms with Gasteiger partial charge in [0.2, 0.25) is 0 Å². The van der Waals surface area contributed by atoms with Gasteiger partial charge >= 0.3 is 0 Å². The van der Waals surface area contributed by atoms with Gasteiger partial charge in [0, 0.05) is 11.7 Å². The second-order valence-electron chi connectivity index (χ2n) is 7.30. The van der Waals surface area contributed by atoms with Crippen molar-refractivity contribution in [3.8, 4) is 0 Å². The molecule has 2 saturated carbocycles. The highest BCUT2D eigenvalue weighted by molar-refractivity contribution is 5.14. The number of H-pyrrole nitrogens is 1. The van der Waals surface area contributed by atoms with Crippen LogP contribution in [-0.2, 0) is 6.42 Å². The average molecular weight is 289 g/mol. The van der Waals surface area contributed by atoms with Crippen LogP contribution in [-0.4, -0.2) is 22.8 Å². The molecule has 1 atom stereocenters. The van der Waals surface area contributed by atoms with Gasteiger partial charge in [0.25, 0.3) is 0 Å². The molecule has 1 heterocycles. The highest BCUT2D eigenvalue weighted by Crippen LogP contribution is 2.47. The SMILES string of the molecule is Cc1[nH]ncc1CCCN[C@@H]1CCCCC12CCCCC2. The summed E-state index contributed by atoms with van der Waals surface area (Å²) in [5.41, 5.74) is 3.27. The summed E-state index contributed by atoms with van der Waals surface area (Å²) in [6, 6.07) is 0.789. The predicted octanol–water partition coefficient (Wildman–Crippen LogP) is 4.13. The molecular weight excluding hydrogens is 258 g/mol. The van der Waals surface area contributed by atoms with E-state index in [1.54, 1.807) is 0 Å². The highest BCUT2D eigenvalue weighted by atomic mass is 15.1. The minimum atomic E-state index is 0.655. The minimum absolute atomic E-state index is 0.655. The van der Waals surface area contributed by atoms with E-state index >= 15 is 0 Å². The molecule has 1 aromatic rings. The van der Waals surface area contributed by atoms with Gasteiger partial charge in [-0.1, -0.05) is 32.1 Å². The smallest absolute Gasteiger partial charge is 0.0522 e. The van der Waals surface area contributed by atoms with Crippen molar-refractivity contribution < 1.29 is 0 Å². The van der Waals surface area contributed by atoms with E-state index < -0.39 is 0 Å². The van der Waals surface area contributed by atoms with Crippen LogP contribution in [0.4, 0.5) is 0 Å². The first-order valence-corrected chi connectivity index (χ1v) is 9.02. The Morgan fingerprint density at radius 2 is 1.95 bits per heavy atom. The predicted molar refractivity (Wildman–Crippen MR) is 87.4 cm³/mol. The Morgan fingerprint density at radius 1 is 1.19 bits per heavy atom. The highest BCUT2D eigenvalue weighted by Gasteiger charge is 2.40. The third-order valence-corrected chi connectivity index (χ3v) is 5.95. The molecule has 2 fully saturated rings. The van der Waals surface area contributed by atoms with Gasteiger partial charge in [-0.15, -0.1) is 0 Å². The molecule has 3 heteroatoms. The molecule has 2 N–H and O–H groups in total. The van der Waals surface area contributed by atoms with Gasteiger partial charge in [-0.05, 0) is 63.0 Å². The van der Waals surface area contributed by atoms with Crippen LogP contribution in [0, 0.1) is 12.3 Å². The molecule has 1 spiro atoms. The van der Waals surface area contributed by atoms with E-state index in [1.807, 2.05) is 6.20 Å². The number of hydrogen-bond donors (Lipinski definition) is 2. The van der Waals surface area contributed by atoms with Gasteiger partial charge < -0.3 is 5.32 Å². The van der Waals surface area contributed by atoms with Crippen molar-refractivity contribution in [1.82, 2.24) is 15.5 Å². The lowest BCUT2D eigenvalue weighted by molar-refractivity contribution is 0.0747. The van der Waals surface area contributed by atoms with Gasteiger partial charge in [-0.25, -0.2) is 0 Å². The molecule has 2 aliphatic rings. The molecule has 0 radical (unpaired) electrons. The van der Waals surface area contributed by atoms with Crippen molar-refractivity contribution in [3.63, 3.8) is 0 Å². The maximum atomic E-state index is 4.11. The van der Waals surface area contributed by atoms with E-state index in [4.69, 9.17) is 0 Å².